The first-order valence-corrected chi connectivity index (χ1v) is 10.3. The Labute approximate surface area is 170 Å². The number of hydrogen-bond acceptors (Lipinski definition) is 4. The molecule has 1 N–H and O–H groups in total. The van der Waals surface area contributed by atoms with Crippen LogP contribution in [0.3, 0.4) is 0 Å². The molecule has 4 rings (SSSR count). The van der Waals surface area contributed by atoms with Crippen LogP contribution in [0.15, 0.2) is 46.9 Å². The van der Waals surface area contributed by atoms with Gasteiger partial charge in [-0.2, -0.15) is 0 Å². The number of methoxy groups -OCH3 is 1. The second kappa shape index (κ2) is 8.55. The Kier molecular flexibility index (Phi) is 5.69. The van der Waals surface area contributed by atoms with Crippen molar-refractivity contribution in [3.05, 3.63) is 48.4 Å². The summed E-state index contributed by atoms with van der Waals surface area (Å²) in [7, 11) is 1.67. The molecule has 1 aliphatic rings. The summed E-state index contributed by atoms with van der Waals surface area (Å²) in [5.74, 6) is 1.43. The largest absolute Gasteiger partial charge is 0.496 e. The van der Waals surface area contributed by atoms with Gasteiger partial charge in [-0.1, -0.05) is 37.6 Å². The number of urea groups is 1. The zero-order valence-corrected chi connectivity index (χ0v) is 17.0. The van der Waals surface area contributed by atoms with Crippen molar-refractivity contribution in [2.24, 2.45) is 0 Å². The minimum Gasteiger partial charge on any atom is -0.496 e. The van der Waals surface area contributed by atoms with Gasteiger partial charge in [-0.25, -0.2) is 9.78 Å². The maximum Gasteiger partial charge on any atom is 0.318 e. The summed E-state index contributed by atoms with van der Waals surface area (Å²) in [6.45, 7) is 3.55. The molecule has 1 atom stereocenters. The summed E-state index contributed by atoms with van der Waals surface area (Å²) < 4.78 is 11.5. The van der Waals surface area contributed by atoms with E-state index in [-0.39, 0.29) is 12.1 Å². The van der Waals surface area contributed by atoms with E-state index in [0.717, 1.165) is 60.2 Å². The highest BCUT2D eigenvalue weighted by Gasteiger charge is 2.33. The predicted octanol–water partition coefficient (Wildman–Crippen LogP) is 5.15. The van der Waals surface area contributed by atoms with E-state index in [9.17, 15) is 4.79 Å². The summed E-state index contributed by atoms with van der Waals surface area (Å²) in [6.07, 6.45) is 3.87. The number of unbranched alkanes of at least 4 members (excludes halogenated alkanes) is 1. The monoisotopic (exact) mass is 393 g/mol. The molecule has 3 aromatic rings. The third-order valence-electron chi connectivity index (χ3n) is 5.43. The lowest BCUT2D eigenvalue weighted by atomic mass is 10.0. The topological polar surface area (TPSA) is 67.6 Å². The van der Waals surface area contributed by atoms with Crippen molar-refractivity contribution in [1.29, 1.82) is 0 Å². The number of amides is 2. The van der Waals surface area contributed by atoms with Gasteiger partial charge in [0, 0.05) is 18.7 Å². The summed E-state index contributed by atoms with van der Waals surface area (Å²) in [5, 5.41) is 3.01. The van der Waals surface area contributed by atoms with Gasteiger partial charge in [-0.3, -0.25) is 0 Å². The molecule has 0 saturated carbocycles. The molecule has 2 amide bonds. The third-order valence-corrected chi connectivity index (χ3v) is 5.43. The second-order valence-corrected chi connectivity index (χ2v) is 7.37. The molecule has 6 heteroatoms. The number of benzene rings is 2. The lowest BCUT2D eigenvalue weighted by molar-refractivity contribution is 0.185. The maximum atomic E-state index is 12.6. The highest BCUT2D eigenvalue weighted by molar-refractivity contribution is 5.82. The molecule has 0 spiro atoms. The normalized spacial score (nSPS) is 16.3. The number of ether oxygens (including phenoxy) is 1. The van der Waals surface area contributed by atoms with Crippen LogP contribution in [0.25, 0.3) is 22.2 Å². The fourth-order valence-corrected chi connectivity index (χ4v) is 3.88. The highest BCUT2D eigenvalue weighted by Crippen LogP contribution is 2.35. The lowest BCUT2D eigenvalue weighted by Gasteiger charge is -2.22. The number of nitrogens with one attached hydrogen (secondary N) is 1. The standard InChI is InChI=1S/C23H27N3O3/c1-3-4-13-24-23(27)26-14-7-9-19(26)22-25-18-15-16(11-12-21(18)29-22)17-8-5-6-10-20(17)28-2/h5-6,8,10-12,15,19H,3-4,7,9,13-14H2,1-2H3,(H,24,27)/t19-/m0/s1. The van der Waals surface area contributed by atoms with Crippen LogP contribution >= 0.6 is 0 Å². The van der Waals surface area contributed by atoms with E-state index >= 15 is 0 Å². The number of carbonyl (C=O) groups excluding carboxylic acids is 1. The molecule has 0 radical (unpaired) electrons. The Morgan fingerprint density at radius 3 is 3.00 bits per heavy atom. The van der Waals surface area contributed by atoms with Gasteiger partial charge in [0.25, 0.3) is 0 Å². The van der Waals surface area contributed by atoms with Gasteiger partial charge in [-0.15, -0.1) is 0 Å². The average molecular weight is 393 g/mol. The van der Waals surface area contributed by atoms with Gasteiger partial charge < -0.3 is 19.4 Å². The zero-order valence-electron chi connectivity index (χ0n) is 17.0. The van der Waals surface area contributed by atoms with Crippen molar-refractivity contribution < 1.29 is 13.9 Å². The molecule has 2 heterocycles. The van der Waals surface area contributed by atoms with E-state index in [0.29, 0.717) is 12.4 Å². The Balaban J connectivity index is 1.59. The van der Waals surface area contributed by atoms with Crippen LogP contribution in [0.4, 0.5) is 4.79 Å². The fourth-order valence-electron chi connectivity index (χ4n) is 3.88. The summed E-state index contributed by atoms with van der Waals surface area (Å²) in [5.41, 5.74) is 3.56. The molecule has 6 nitrogen and oxygen atoms in total. The van der Waals surface area contributed by atoms with E-state index in [4.69, 9.17) is 14.1 Å². The molecule has 2 aromatic carbocycles. The molecule has 0 aliphatic carbocycles. The Morgan fingerprint density at radius 2 is 2.17 bits per heavy atom. The smallest absolute Gasteiger partial charge is 0.318 e. The highest BCUT2D eigenvalue weighted by atomic mass is 16.5. The molecule has 29 heavy (non-hydrogen) atoms. The number of aromatic nitrogens is 1. The van der Waals surface area contributed by atoms with Crippen molar-refractivity contribution in [3.8, 4) is 16.9 Å². The van der Waals surface area contributed by atoms with Crippen LogP contribution in [-0.2, 0) is 0 Å². The summed E-state index contributed by atoms with van der Waals surface area (Å²) in [4.78, 5) is 19.1. The van der Waals surface area contributed by atoms with Crippen molar-refractivity contribution in [2.45, 2.75) is 38.6 Å². The van der Waals surface area contributed by atoms with Crippen LogP contribution in [0.2, 0.25) is 0 Å². The Hall–Kier alpha value is -3.02. The third kappa shape index (κ3) is 3.92. The maximum absolute atomic E-state index is 12.6. The van der Waals surface area contributed by atoms with Crippen LogP contribution in [-0.4, -0.2) is 36.1 Å². The predicted molar refractivity (Wildman–Crippen MR) is 113 cm³/mol. The summed E-state index contributed by atoms with van der Waals surface area (Å²) >= 11 is 0. The number of hydrogen-bond donors (Lipinski definition) is 1. The zero-order chi connectivity index (χ0) is 20.2. The first-order chi connectivity index (χ1) is 14.2. The number of nitrogens with zero attached hydrogens (tertiary/aromatic N) is 2. The van der Waals surface area contributed by atoms with Crippen molar-refractivity contribution in [1.82, 2.24) is 15.2 Å². The number of fused-ring (bicyclic) bond motifs is 1. The molecule has 0 bridgehead atoms. The van der Waals surface area contributed by atoms with Gasteiger partial charge >= 0.3 is 6.03 Å². The SMILES string of the molecule is CCCCNC(=O)N1CCC[C@H]1c1nc2cc(-c3ccccc3OC)ccc2o1. The van der Waals surface area contributed by atoms with Crippen molar-refractivity contribution >= 4 is 17.1 Å². The molecule has 1 fully saturated rings. The van der Waals surface area contributed by atoms with Gasteiger partial charge in [-0.05, 0) is 43.0 Å². The van der Waals surface area contributed by atoms with Gasteiger partial charge in [0.15, 0.2) is 5.58 Å². The Bertz CT molecular complexity index is 998. The fraction of sp³-hybridized carbons (Fsp3) is 0.391. The summed E-state index contributed by atoms with van der Waals surface area (Å²) in [6, 6.07) is 13.7. The first-order valence-electron chi connectivity index (χ1n) is 10.3. The van der Waals surface area contributed by atoms with Crippen LogP contribution in [0, 0.1) is 0 Å². The van der Waals surface area contributed by atoms with Crippen LogP contribution < -0.4 is 10.1 Å². The van der Waals surface area contributed by atoms with Crippen LogP contribution in [0.5, 0.6) is 5.75 Å². The van der Waals surface area contributed by atoms with E-state index in [2.05, 4.69) is 12.2 Å². The molecule has 1 aromatic heterocycles. The minimum atomic E-state index is -0.112. The number of likely N-dealkylation sites (tertiary alicyclic amines) is 1. The number of oxazole rings is 1. The van der Waals surface area contributed by atoms with E-state index in [1.165, 1.54) is 0 Å². The Morgan fingerprint density at radius 1 is 1.31 bits per heavy atom. The molecular weight excluding hydrogens is 366 g/mol. The quantitative estimate of drug-likeness (QED) is 0.588. The number of para-hydroxylation sites is 1. The molecular formula is C23H27N3O3. The van der Waals surface area contributed by atoms with Gasteiger partial charge in [0.1, 0.15) is 17.3 Å². The minimum absolute atomic E-state index is 0.0297. The van der Waals surface area contributed by atoms with Crippen molar-refractivity contribution in [3.63, 3.8) is 0 Å². The molecule has 152 valence electrons. The molecule has 1 saturated heterocycles. The molecule has 1 aliphatic heterocycles. The van der Waals surface area contributed by atoms with E-state index < -0.39 is 0 Å². The van der Waals surface area contributed by atoms with E-state index in [1.54, 1.807) is 7.11 Å². The van der Waals surface area contributed by atoms with E-state index in [1.807, 2.05) is 47.4 Å². The first kappa shape index (κ1) is 19.3. The molecule has 0 unspecified atom stereocenters. The lowest BCUT2D eigenvalue weighted by Crippen LogP contribution is -2.39. The second-order valence-electron chi connectivity index (χ2n) is 7.37. The number of carbonyl (C=O) groups is 1. The van der Waals surface area contributed by atoms with Gasteiger partial charge in [0.2, 0.25) is 5.89 Å². The number of rotatable bonds is 6. The van der Waals surface area contributed by atoms with Crippen molar-refractivity contribution in [2.75, 3.05) is 20.2 Å². The van der Waals surface area contributed by atoms with Gasteiger partial charge in [0.05, 0.1) is 7.11 Å². The van der Waals surface area contributed by atoms with Crippen LogP contribution in [0.1, 0.15) is 44.5 Å². The average Bonchev–Trinajstić information content (AvgIpc) is 3.40.